The van der Waals surface area contributed by atoms with Gasteiger partial charge in [0.15, 0.2) is 5.69 Å². The van der Waals surface area contributed by atoms with Crippen molar-refractivity contribution in [3.63, 3.8) is 0 Å². The van der Waals surface area contributed by atoms with Crippen molar-refractivity contribution < 1.29 is 9.18 Å². The Kier molecular flexibility index (Phi) is 3.04. The second-order valence-electron chi connectivity index (χ2n) is 3.69. The van der Waals surface area contributed by atoms with Crippen LogP contribution in [0.1, 0.15) is 17.4 Å². The third-order valence-corrected chi connectivity index (χ3v) is 2.87. The highest BCUT2D eigenvalue weighted by Gasteiger charge is 2.14. The molecule has 94 valence electrons. The molecule has 0 unspecified atom stereocenters. The molecule has 0 radical (unpaired) electrons. The summed E-state index contributed by atoms with van der Waals surface area (Å²) in [5, 5.41) is 11.8. The summed E-state index contributed by atoms with van der Waals surface area (Å²) in [6, 6.07) is 2.49. The minimum absolute atomic E-state index is 0.0577. The number of nitrogens with zero attached hydrogens (tertiary/aromatic N) is 2. The van der Waals surface area contributed by atoms with Crippen molar-refractivity contribution in [1.29, 1.82) is 5.41 Å². The zero-order chi connectivity index (χ0) is 13.4. The number of primary amides is 1. The number of halogens is 2. The number of amides is 1. The molecule has 0 saturated heterocycles. The van der Waals surface area contributed by atoms with Gasteiger partial charge in [0.25, 0.3) is 5.91 Å². The standard InChI is InChI=1S/C11H10ClFN4O/c1-2-17-8-4-6(12)7(13)3-5(8)9(14)10(16-17)11(15)18/h3-4,14H,2H2,1H3,(H2,15,18). The van der Waals surface area contributed by atoms with Gasteiger partial charge in [0.1, 0.15) is 5.82 Å². The summed E-state index contributed by atoms with van der Waals surface area (Å²) in [5.41, 5.74) is 5.44. The maximum absolute atomic E-state index is 13.4. The van der Waals surface area contributed by atoms with E-state index in [9.17, 15) is 9.18 Å². The van der Waals surface area contributed by atoms with Crippen LogP contribution >= 0.6 is 11.6 Å². The fraction of sp³-hybridized carbons (Fsp3) is 0.182. The number of benzene rings is 1. The van der Waals surface area contributed by atoms with E-state index in [1.54, 1.807) is 6.92 Å². The number of fused-ring (bicyclic) bond motifs is 1. The van der Waals surface area contributed by atoms with Crippen LogP contribution in [0.2, 0.25) is 5.02 Å². The lowest BCUT2D eigenvalue weighted by atomic mass is 10.2. The molecule has 1 amide bonds. The van der Waals surface area contributed by atoms with Crippen LogP contribution in [0.4, 0.5) is 4.39 Å². The second kappa shape index (κ2) is 4.38. The van der Waals surface area contributed by atoms with Crippen LogP contribution in [-0.4, -0.2) is 15.7 Å². The predicted molar refractivity (Wildman–Crippen MR) is 64.7 cm³/mol. The lowest BCUT2D eigenvalue weighted by Gasteiger charge is -2.10. The number of carbonyl (C=O) groups excluding carboxylic acids is 1. The molecule has 0 aliphatic heterocycles. The van der Waals surface area contributed by atoms with Gasteiger partial charge in [-0.15, -0.1) is 0 Å². The first-order valence-electron chi connectivity index (χ1n) is 5.20. The lowest BCUT2D eigenvalue weighted by Crippen LogP contribution is -2.27. The van der Waals surface area contributed by atoms with Gasteiger partial charge in [0.2, 0.25) is 0 Å². The van der Waals surface area contributed by atoms with Crippen molar-refractivity contribution in [2.45, 2.75) is 13.5 Å². The zero-order valence-electron chi connectivity index (χ0n) is 9.50. The van der Waals surface area contributed by atoms with Crippen LogP contribution < -0.4 is 11.1 Å². The van der Waals surface area contributed by atoms with Crippen LogP contribution in [-0.2, 0) is 6.54 Å². The van der Waals surface area contributed by atoms with E-state index in [1.807, 2.05) is 0 Å². The summed E-state index contributed by atoms with van der Waals surface area (Å²) >= 11 is 5.70. The molecule has 0 aliphatic carbocycles. The Labute approximate surface area is 106 Å². The number of nitrogens with one attached hydrogen (secondary N) is 1. The molecular weight excluding hydrogens is 259 g/mol. The van der Waals surface area contributed by atoms with Crippen molar-refractivity contribution in [1.82, 2.24) is 9.78 Å². The van der Waals surface area contributed by atoms with Gasteiger partial charge in [0, 0.05) is 11.9 Å². The highest BCUT2D eigenvalue weighted by atomic mass is 35.5. The highest BCUT2D eigenvalue weighted by Crippen LogP contribution is 2.20. The Bertz CT molecular complexity index is 710. The minimum atomic E-state index is -0.820. The van der Waals surface area contributed by atoms with Gasteiger partial charge >= 0.3 is 0 Å². The van der Waals surface area contributed by atoms with Crippen LogP contribution in [0.25, 0.3) is 10.9 Å². The number of aromatic nitrogens is 2. The number of aryl methyl sites for hydroxylation is 1. The normalized spacial score (nSPS) is 10.8. The highest BCUT2D eigenvalue weighted by molar-refractivity contribution is 6.31. The third-order valence-electron chi connectivity index (χ3n) is 2.58. The van der Waals surface area contributed by atoms with Crippen LogP contribution in [0, 0.1) is 11.2 Å². The summed E-state index contributed by atoms with van der Waals surface area (Å²) in [5.74, 6) is -1.47. The third kappa shape index (κ3) is 1.84. The summed E-state index contributed by atoms with van der Waals surface area (Å²) in [7, 11) is 0. The Hall–Kier alpha value is -1.95. The molecule has 5 nitrogen and oxygen atoms in total. The lowest BCUT2D eigenvalue weighted by molar-refractivity contribution is 0.0992. The van der Waals surface area contributed by atoms with E-state index >= 15 is 0 Å². The Balaban J connectivity index is 2.99. The Morgan fingerprint density at radius 2 is 2.28 bits per heavy atom. The van der Waals surface area contributed by atoms with E-state index in [0.717, 1.165) is 6.07 Å². The van der Waals surface area contributed by atoms with Gasteiger partial charge in [-0.1, -0.05) is 11.6 Å². The minimum Gasteiger partial charge on any atom is -0.364 e. The van der Waals surface area contributed by atoms with E-state index in [1.165, 1.54) is 10.7 Å². The van der Waals surface area contributed by atoms with E-state index in [0.29, 0.717) is 12.1 Å². The molecule has 18 heavy (non-hydrogen) atoms. The Morgan fingerprint density at radius 1 is 1.61 bits per heavy atom. The molecular formula is C11H10ClFN4O. The number of hydrogen-bond acceptors (Lipinski definition) is 3. The fourth-order valence-corrected chi connectivity index (χ4v) is 1.87. The number of nitrogens with two attached hydrogens (primary N) is 1. The summed E-state index contributed by atoms with van der Waals surface area (Å²) in [6.07, 6.45) is 0. The first kappa shape index (κ1) is 12.5. The smallest absolute Gasteiger partial charge is 0.271 e. The molecule has 1 aromatic heterocycles. The number of hydrogen-bond donors (Lipinski definition) is 2. The van der Waals surface area contributed by atoms with Gasteiger partial charge in [-0.2, -0.15) is 5.10 Å². The molecule has 0 atom stereocenters. The van der Waals surface area contributed by atoms with Crippen LogP contribution in [0.3, 0.4) is 0 Å². The summed E-state index contributed by atoms with van der Waals surface area (Å²) < 4.78 is 14.9. The molecule has 7 heteroatoms. The molecule has 0 fully saturated rings. The monoisotopic (exact) mass is 268 g/mol. The molecule has 3 N–H and O–H groups in total. The van der Waals surface area contributed by atoms with Gasteiger partial charge in [-0.3, -0.25) is 14.9 Å². The summed E-state index contributed by atoms with van der Waals surface area (Å²) in [4.78, 5) is 11.2. The van der Waals surface area contributed by atoms with E-state index in [4.69, 9.17) is 22.7 Å². The molecule has 1 heterocycles. The van der Waals surface area contributed by atoms with E-state index < -0.39 is 11.7 Å². The molecule has 0 aliphatic rings. The largest absolute Gasteiger partial charge is 0.364 e. The molecule has 0 spiro atoms. The summed E-state index contributed by atoms with van der Waals surface area (Å²) in [6.45, 7) is 2.25. The average molecular weight is 269 g/mol. The molecule has 0 saturated carbocycles. The van der Waals surface area contributed by atoms with Crippen LogP contribution in [0.15, 0.2) is 12.1 Å². The first-order valence-corrected chi connectivity index (χ1v) is 5.57. The van der Waals surface area contributed by atoms with E-state index in [-0.39, 0.29) is 21.5 Å². The molecule has 0 bridgehead atoms. The molecule has 1 aromatic carbocycles. The molecule has 2 rings (SSSR count). The maximum atomic E-state index is 13.4. The van der Waals surface area contributed by atoms with Crippen molar-refractivity contribution in [2.24, 2.45) is 5.73 Å². The average Bonchev–Trinajstić information content (AvgIpc) is 2.32. The predicted octanol–water partition coefficient (Wildman–Crippen LogP) is 1.43. The van der Waals surface area contributed by atoms with Gasteiger partial charge in [0.05, 0.1) is 15.9 Å². The van der Waals surface area contributed by atoms with E-state index in [2.05, 4.69) is 5.10 Å². The Morgan fingerprint density at radius 3 is 2.83 bits per heavy atom. The van der Waals surface area contributed by atoms with Gasteiger partial charge in [-0.05, 0) is 19.1 Å². The molecule has 2 aromatic rings. The SMILES string of the molecule is CCn1nc(C(N)=O)c(=N)c2cc(F)c(Cl)cc21. The second-order valence-corrected chi connectivity index (χ2v) is 4.09. The van der Waals surface area contributed by atoms with Crippen molar-refractivity contribution in [3.05, 3.63) is 34.0 Å². The van der Waals surface area contributed by atoms with Gasteiger partial charge in [-0.25, -0.2) is 4.39 Å². The number of rotatable bonds is 2. The van der Waals surface area contributed by atoms with Gasteiger partial charge < -0.3 is 5.73 Å². The van der Waals surface area contributed by atoms with Crippen LogP contribution in [0.5, 0.6) is 0 Å². The fourth-order valence-electron chi connectivity index (χ4n) is 1.72. The van der Waals surface area contributed by atoms with Crippen molar-refractivity contribution in [3.8, 4) is 0 Å². The van der Waals surface area contributed by atoms with Crippen molar-refractivity contribution in [2.75, 3.05) is 0 Å². The quantitative estimate of drug-likeness (QED) is 0.863. The topological polar surface area (TPSA) is 84.8 Å². The zero-order valence-corrected chi connectivity index (χ0v) is 10.3. The first-order chi connectivity index (χ1) is 8.45. The number of carbonyl (C=O) groups is 1. The maximum Gasteiger partial charge on any atom is 0.271 e. The van der Waals surface area contributed by atoms with Crippen molar-refractivity contribution >= 4 is 28.4 Å².